The zero-order valence-corrected chi connectivity index (χ0v) is 14.7. The van der Waals surface area contributed by atoms with Gasteiger partial charge in [0, 0.05) is 36.4 Å². The molecule has 4 nitrogen and oxygen atoms in total. The van der Waals surface area contributed by atoms with Gasteiger partial charge in [-0.15, -0.1) is 0 Å². The number of nitrogens with zero attached hydrogens (tertiary/aromatic N) is 1. The molecule has 0 saturated carbocycles. The average Bonchev–Trinajstić information content (AvgIpc) is 3.30. The summed E-state index contributed by atoms with van der Waals surface area (Å²) in [5, 5.41) is 6.46. The highest BCUT2D eigenvalue weighted by Gasteiger charge is 2.33. The van der Waals surface area contributed by atoms with E-state index in [-0.39, 0.29) is 12.1 Å². The number of urea groups is 1. The van der Waals surface area contributed by atoms with E-state index in [0.29, 0.717) is 5.92 Å². The van der Waals surface area contributed by atoms with Gasteiger partial charge >= 0.3 is 6.03 Å². The van der Waals surface area contributed by atoms with Crippen LogP contribution in [0.1, 0.15) is 36.8 Å². The largest absolute Gasteiger partial charge is 0.384 e. The summed E-state index contributed by atoms with van der Waals surface area (Å²) >= 11 is 0. The van der Waals surface area contributed by atoms with Crippen molar-refractivity contribution in [3.05, 3.63) is 59.7 Å². The van der Waals surface area contributed by atoms with Crippen molar-refractivity contribution in [1.82, 2.24) is 4.90 Å². The van der Waals surface area contributed by atoms with E-state index >= 15 is 0 Å². The standard InChI is InChI=1S/C21H25N3O/c1-15(16-6-3-2-4-7-16)20-8-5-13-24(20)21(25)23-18-9-10-19-17(14-18)11-12-22-19/h2-4,6-7,9-10,14-15,20,22H,5,8,11-13H2,1H3,(H,23,25). The molecule has 2 atom stereocenters. The molecule has 2 amide bonds. The van der Waals surface area contributed by atoms with Gasteiger partial charge in [0.1, 0.15) is 0 Å². The number of carbonyl (C=O) groups excluding carboxylic acids is 1. The van der Waals surface area contributed by atoms with Crippen molar-refractivity contribution in [3.8, 4) is 0 Å². The number of anilines is 2. The zero-order valence-electron chi connectivity index (χ0n) is 14.7. The Hall–Kier alpha value is -2.49. The van der Waals surface area contributed by atoms with Crippen molar-refractivity contribution in [2.45, 2.75) is 38.1 Å². The van der Waals surface area contributed by atoms with Crippen LogP contribution in [0.3, 0.4) is 0 Å². The number of hydrogen-bond donors (Lipinski definition) is 2. The molecule has 0 aromatic heterocycles. The fourth-order valence-electron chi connectivity index (χ4n) is 4.12. The summed E-state index contributed by atoms with van der Waals surface area (Å²) in [5.41, 5.74) is 4.67. The van der Waals surface area contributed by atoms with Crippen molar-refractivity contribution in [1.29, 1.82) is 0 Å². The first-order valence-electron chi connectivity index (χ1n) is 9.22. The molecule has 0 radical (unpaired) electrons. The van der Waals surface area contributed by atoms with Gasteiger partial charge in [-0.25, -0.2) is 4.79 Å². The molecule has 4 rings (SSSR count). The number of amides is 2. The summed E-state index contributed by atoms with van der Waals surface area (Å²) in [4.78, 5) is 14.9. The van der Waals surface area contributed by atoms with Gasteiger partial charge in [0.05, 0.1) is 0 Å². The fraction of sp³-hybridized carbons (Fsp3) is 0.381. The molecule has 2 aromatic rings. The van der Waals surface area contributed by atoms with Crippen LogP contribution in [-0.2, 0) is 6.42 Å². The van der Waals surface area contributed by atoms with Crippen molar-refractivity contribution < 1.29 is 4.79 Å². The van der Waals surface area contributed by atoms with E-state index in [4.69, 9.17) is 0 Å². The minimum absolute atomic E-state index is 0.0242. The van der Waals surface area contributed by atoms with Gasteiger partial charge in [0.15, 0.2) is 0 Å². The van der Waals surface area contributed by atoms with Gasteiger partial charge in [-0.2, -0.15) is 0 Å². The van der Waals surface area contributed by atoms with E-state index in [9.17, 15) is 4.79 Å². The van der Waals surface area contributed by atoms with Crippen LogP contribution in [0.4, 0.5) is 16.2 Å². The quantitative estimate of drug-likeness (QED) is 0.870. The maximum atomic E-state index is 12.9. The Bertz CT molecular complexity index is 759. The minimum Gasteiger partial charge on any atom is -0.384 e. The third kappa shape index (κ3) is 3.21. The molecule has 2 unspecified atom stereocenters. The first-order valence-corrected chi connectivity index (χ1v) is 9.22. The minimum atomic E-state index is 0.0242. The molecule has 0 aliphatic carbocycles. The van der Waals surface area contributed by atoms with E-state index in [0.717, 1.165) is 38.0 Å². The molecule has 130 valence electrons. The normalized spacial score (nSPS) is 20.0. The van der Waals surface area contributed by atoms with Gasteiger partial charge in [-0.05, 0) is 48.6 Å². The molecule has 0 bridgehead atoms. The average molecular weight is 335 g/mol. The smallest absolute Gasteiger partial charge is 0.322 e. The Morgan fingerprint density at radius 3 is 2.92 bits per heavy atom. The van der Waals surface area contributed by atoms with E-state index in [1.165, 1.54) is 16.8 Å². The monoisotopic (exact) mass is 335 g/mol. The van der Waals surface area contributed by atoms with Gasteiger partial charge in [0.2, 0.25) is 0 Å². The molecule has 0 spiro atoms. The Morgan fingerprint density at radius 2 is 2.08 bits per heavy atom. The summed E-state index contributed by atoms with van der Waals surface area (Å²) in [5.74, 6) is 0.346. The third-order valence-corrected chi connectivity index (χ3v) is 5.53. The van der Waals surface area contributed by atoms with E-state index < -0.39 is 0 Å². The first kappa shape index (κ1) is 16.0. The lowest BCUT2D eigenvalue weighted by molar-refractivity contribution is 0.200. The highest BCUT2D eigenvalue weighted by molar-refractivity contribution is 5.90. The van der Waals surface area contributed by atoms with Crippen LogP contribution < -0.4 is 10.6 Å². The summed E-state index contributed by atoms with van der Waals surface area (Å²) in [7, 11) is 0. The zero-order chi connectivity index (χ0) is 17.2. The van der Waals surface area contributed by atoms with Crippen LogP contribution >= 0.6 is 0 Å². The Kier molecular flexibility index (Phi) is 4.35. The summed E-state index contributed by atoms with van der Waals surface area (Å²) in [6, 6.07) is 16.9. The molecule has 2 aliphatic heterocycles. The summed E-state index contributed by atoms with van der Waals surface area (Å²) < 4.78 is 0. The molecular weight excluding hydrogens is 310 g/mol. The van der Waals surface area contributed by atoms with E-state index in [1.54, 1.807) is 0 Å². The first-order chi connectivity index (χ1) is 12.2. The number of nitrogens with one attached hydrogen (secondary N) is 2. The number of hydrogen-bond acceptors (Lipinski definition) is 2. The van der Waals surface area contributed by atoms with E-state index in [2.05, 4.69) is 54.0 Å². The lowest BCUT2D eigenvalue weighted by Gasteiger charge is -2.30. The van der Waals surface area contributed by atoms with Gasteiger partial charge in [0.25, 0.3) is 0 Å². The van der Waals surface area contributed by atoms with Crippen molar-refractivity contribution in [3.63, 3.8) is 0 Å². The number of likely N-dealkylation sites (tertiary alicyclic amines) is 1. The highest BCUT2D eigenvalue weighted by Crippen LogP contribution is 2.32. The van der Waals surface area contributed by atoms with Crippen molar-refractivity contribution in [2.24, 2.45) is 0 Å². The lowest BCUT2D eigenvalue weighted by atomic mass is 9.92. The molecule has 25 heavy (non-hydrogen) atoms. The molecule has 1 saturated heterocycles. The van der Waals surface area contributed by atoms with Gasteiger partial charge < -0.3 is 15.5 Å². The summed E-state index contributed by atoms with van der Waals surface area (Å²) in [6.07, 6.45) is 3.16. The molecule has 4 heteroatoms. The number of benzene rings is 2. The topological polar surface area (TPSA) is 44.4 Å². The molecule has 2 aliphatic rings. The molecule has 1 fully saturated rings. The number of carbonyl (C=O) groups is 1. The lowest BCUT2D eigenvalue weighted by Crippen LogP contribution is -2.41. The van der Waals surface area contributed by atoms with E-state index in [1.807, 2.05) is 17.0 Å². The molecular formula is C21H25N3O. The third-order valence-electron chi connectivity index (χ3n) is 5.53. The molecule has 2 N–H and O–H groups in total. The number of rotatable bonds is 3. The second-order valence-electron chi connectivity index (χ2n) is 7.08. The Balaban J connectivity index is 1.47. The Labute approximate surface area is 149 Å². The van der Waals surface area contributed by atoms with Crippen LogP contribution in [0.25, 0.3) is 0 Å². The maximum Gasteiger partial charge on any atom is 0.322 e. The fourth-order valence-corrected chi connectivity index (χ4v) is 4.12. The van der Waals surface area contributed by atoms with Crippen LogP contribution in [0.5, 0.6) is 0 Å². The predicted octanol–water partition coefficient (Wildman–Crippen LogP) is 4.45. The van der Waals surface area contributed by atoms with Gasteiger partial charge in [-0.3, -0.25) is 0 Å². The highest BCUT2D eigenvalue weighted by atomic mass is 16.2. The molecule has 2 heterocycles. The predicted molar refractivity (Wildman–Crippen MR) is 102 cm³/mol. The van der Waals surface area contributed by atoms with Crippen LogP contribution in [0.15, 0.2) is 48.5 Å². The molecule has 2 aromatic carbocycles. The van der Waals surface area contributed by atoms with Crippen LogP contribution in [-0.4, -0.2) is 30.1 Å². The van der Waals surface area contributed by atoms with Crippen molar-refractivity contribution in [2.75, 3.05) is 23.7 Å². The second-order valence-corrected chi connectivity index (χ2v) is 7.08. The van der Waals surface area contributed by atoms with Crippen LogP contribution in [0.2, 0.25) is 0 Å². The summed E-state index contributed by atoms with van der Waals surface area (Å²) in [6.45, 7) is 4.04. The Morgan fingerprint density at radius 1 is 1.24 bits per heavy atom. The number of fused-ring (bicyclic) bond motifs is 1. The van der Waals surface area contributed by atoms with Gasteiger partial charge in [-0.1, -0.05) is 37.3 Å². The SMILES string of the molecule is CC(c1ccccc1)C1CCCN1C(=O)Nc1ccc2c(c1)CCN2. The van der Waals surface area contributed by atoms with Crippen molar-refractivity contribution >= 4 is 17.4 Å². The maximum absolute atomic E-state index is 12.9. The second kappa shape index (κ2) is 6.79. The van der Waals surface area contributed by atoms with Crippen LogP contribution in [0, 0.1) is 0 Å².